The van der Waals surface area contributed by atoms with Gasteiger partial charge in [-0.25, -0.2) is 0 Å². The Morgan fingerprint density at radius 3 is 2.14 bits per heavy atom. The number of ether oxygens (including phenoxy) is 1. The summed E-state index contributed by atoms with van der Waals surface area (Å²) in [6, 6.07) is 7.88. The van der Waals surface area contributed by atoms with Crippen LogP contribution in [0.5, 0.6) is 5.75 Å². The fourth-order valence-corrected chi connectivity index (χ4v) is 4.11. The highest BCUT2D eigenvalue weighted by atomic mass is 16.5. The van der Waals surface area contributed by atoms with Gasteiger partial charge in [0, 0.05) is 13.0 Å². The Hall–Kier alpha value is -1.51. The quantitative estimate of drug-likeness (QED) is 0.834. The zero-order chi connectivity index (χ0) is 16.0. The number of anilines is 1. The van der Waals surface area contributed by atoms with Gasteiger partial charge in [0.25, 0.3) is 0 Å². The molecule has 0 bridgehead atoms. The van der Waals surface area contributed by atoms with E-state index in [9.17, 15) is 4.79 Å². The molecular weight excluding hydrogens is 262 g/mol. The van der Waals surface area contributed by atoms with Gasteiger partial charge in [0.05, 0.1) is 12.8 Å². The third kappa shape index (κ3) is 2.33. The van der Waals surface area contributed by atoms with Crippen LogP contribution in [0.25, 0.3) is 0 Å². The van der Waals surface area contributed by atoms with Crippen LogP contribution in [0.2, 0.25) is 0 Å². The minimum atomic E-state index is 0.0606. The van der Waals surface area contributed by atoms with Crippen molar-refractivity contribution < 1.29 is 9.53 Å². The van der Waals surface area contributed by atoms with Gasteiger partial charge in [-0.15, -0.1) is 0 Å². The second-order valence-electron chi connectivity index (χ2n) is 7.22. The van der Waals surface area contributed by atoms with E-state index in [0.717, 1.165) is 11.4 Å². The van der Waals surface area contributed by atoms with Crippen LogP contribution in [0.15, 0.2) is 24.3 Å². The van der Waals surface area contributed by atoms with Crippen LogP contribution in [0, 0.1) is 16.7 Å². The van der Waals surface area contributed by atoms with Gasteiger partial charge in [0.1, 0.15) is 5.75 Å². The second kappa shape index (κ2) is 5.04. The Balaban J connectivity index is 2.40. The number of carbonyl (C=O) groups is 1. The predicted octanol–water partition coefficient (Wildman–Crippen LogP) is 4.12. The first kappa shape index (κ1) is 15.9. The number of methoxy groups -OCH3 is 1. The summed E-state index contributed by atoms with van der Waals surface area (Å²) in [6.45, 7) is 12.9. The zero-order valence-electron chi connectivity index (χ0n) is 14.2. The molecule has 21 heavy (non-hydrogen) atoms. The van der Waals surface area contributed by atoms with E-state index in [1.54, 1.807) is 14.0 Å². The first-order valence-electron chi connectivity index (χ1n) is 7.59. The molecule has 0 N–H and O–H groups in total. The first-order valence-corrected chi connectivity index (χ1v) is 7.59. The van der Waals surface area contributed by atoms with E-state index in [2.05, 4.69) is 34.6 Å². The van der Waals surface area contributed by atoms with Crippen LogP contribution in [-0.4, -0.2) is 19.1 Å². The molecule has 2 rings (SSSR count). The predicted molar refractivity (Wildman–Crippen MR) is 86.7 cm³/mol. The van der Waals surface area contributed by atoms with E-state index in [-0.39, 0.29) is 22.8 Å². The number of hydrogen-bond acceptors (Lipinski definition) is 2. The maximum atomic E-state index is 12.3. The van der Waals surface area contributed by atoms with Crippen LogP contribution in [-0.2, 0) is 4.79 Å². The van der Waals surface area contributed by atoms with E-state index in [4.69, 9.17) is 4.74 Å². The largest absolute Gasteiger partial charge is 0.495 e. The number of rotatable bonds is 4. The molecule has 1 aromatic rings. The van der Waals surface area contributed by atoms with Crippen molar-refractivity contribution in [1.82, 2.24) is 0 Å². The van der Waals surface area contributed by atoms with Crippen molar-refractivity contribution >= 4 is 11.6 Å². The van der Waals surface area contributed by atoms with Crippen LogP contribution in [0.3, 0.4) is 0 Å². The smallest absolute Gasteiger partial charge is 0.224 e. The molecule has 1 saturated carbocycles. The van der Waals surface area contributed by atoms with Crippen molar-refractivity contribution in [1.29, 1.82) is 0 Å². The Morgan fingerprint density at radius 2 is 1.71 bits per heavy atom. The first-order chi connectivity index (χ1) is 9.66. The topological polar surface area (TPSA) is 29.5 Å². The number of hydrogen-bond donors (Lipinski definition) is 0. The lowest BCUT2D eigenvalue weighted by molar-refractivity contribution is -0.117. The summed E-state index contributed by atoms with van der Waals surface area (Å²) >= 11 is 0. The van der Waals surface area contributed by atoms with Gasteiger partial charge in [-0.05, 0) is 35.8 Å². The summed E-state index contributed by atoms with van der Waals surface area (Å²) in [5.41, 5.74) is 1.34. The van der Waals surface area contributed by atoms with Crippen LogP contribution in [0.4, 0.5) is 5.69 Å². The van der Waals surface area contributed by atoms with Gasteiger partial charge in [-0.2, -0.15) is 0 Å². The summed E-state index contributed by atoms with van der Waals surface area (Å²) in [5, 5.41) is 0. The normalized spacial score (nSPS) is 20.7. The maximum Gasteiger partial charge on any atom is 0.224 e. The van der Waals surface area contributed by atoms with E-state index in [1.165, 1.54) is 0 Å². The Morgan fingerprint density at radius 1 is 1.19 bits per heavy atom. The summed E-state index contributed by atoms with van der Waals surface area (Å²) < 4.78 is 5.44. The fraction of sp³-hybridized carbons (Fsp3) is 0.611. The van der Waals surface area contributed by atoms with Crippen molar-refractivity contribution in [3.63, 3.8) is 0 Å². The summed E-state index contributed by atoms with van der Waals surface area (Å²) in [6.07, 6.45) is 0. The van der Waals surface area contributed by atoms with Crippen molar-refractivity contribution in [2.24, 2.45) is 16.7 Å². The molecule has 1 aliphatic rings. The minimum Gasteiger partial charge on any atom is -0.495 e. The molecule has 0 radical (unpaired) electrons. The van der Waals surface area contributed by atoms with E-state index < -0.39 is 0 Å². The van der Waals surface area contributed by atoms with E-state index in [0.29, 0.717) is 5.92 Å². The van der Waals surface area contributed by atoms with E-state index in [1.807, 2.05) is 29.2 Å². The van der Waals surface area contributed by atoms with Crippen LogP contribution < -0.4 is 9.64 Å². The van der Waals surface area contributed by atoms with E-state index >= 15 is 0 Å². The average molecular weight is 289 g/mol. The van der Waals surface area contributed by atoms with Gasteiger partial charge in [0.15, 0.2) is 0 Å². The molecule has 0 spiro atoms. The highest BCUT2D eigenvalue weighted by Crippen LogP contribution is 2.70. The molecule has 3 nitrogen and oxygen atoms in total. The van der Waals surface area contributed by atoms with Crippen molar-refractivity contribution in [2.45, 2.75) is 47.6 Å². The summed E-state index contributed by atoms with van der Waals surface area (Å²) in [5.74, 6) is 1.28. The highest BCUT2D eigenvalue weighted by Gasteiger charge is 2.67. The molecule has 1 aliphatic carbocycles. The third-order valence-corrected chi connectivity index (χ3v) is 5.71. The Labute approximate surface area is 128 Å². The lowest BCUT2D eigenvalue weighted by Gasteiger charge is -2.31. The molecule has 0 aliphatic heterocycles. The van der Waals surface area contributed by atoms with Crippen molar-refractivity contribution in [3.05, 3.63) is 24.3 Å². The average Bonchev–Trinajstić information content (AvgIpc) is 2.79. The summed E-state index contributed by atoms with van der Waals surface area (Å²) in [4.78, 5) is 14.2. The van der Waals surface area contributed by atoms with Gasteiger partial charge in [-0.3, -0.25) is 4.79 Å². The second-order valence-corrected chi connectivity index (χ2v) is 7.22. The number of carbonyl (C=O) groups excluding carboxylic acids is 1. The molecule has 1 atom stereocenters. The van der Waals surface area contributed by atoms with Crippen molar-refractivity contribution in [3.8, 4) is 5.75 Å². The number of amides is 1. The van der Waals surface area contributed by atoms with Crippen LogP contribution in [0.1, 0.15) is 41.5 Å². The number of benzene rings is 1. The minimum absolute atomic E-state index is 0.0606. The maximum absolute atomic E-state index is 12.3. The Bertz CT molecular complexity index is 534. The molecule has 0 heterocycles. The van der Waals surface area contributed by atoms with Crippen LogP contribution >= 0.6 is 0 Å². The van der Waals surface area contributed by atoms with Gasteiger partial charge >= 0.3 is 0 Å². The number of nitrogens with zero attached hydrogens (tertiary/aromatic N) is 1. The lowest BCUT2D eigenvalue weighted by Crippen LogP contribution is -2.40. The van der Waals surface area contributed by atoms with Crippen molar-refractivity contribution in [2.75, 3.05) is 12.0 Å². The molecule has 0 saturated heterocycles. The third-order valence-electron chi connectivity index (χ3n) is 5.71. The van der Waals surface area contributed by atoms with Gasteiger partial charge in [0.2, 0.25) is 5.91 Å². The standard InChI is InChI=1S/C18H27NO2/c1-12(16-17(3,4)18(16,5)6)19(13(2)20)14-10-8-9-11-15(14)21-7/h8-12,16H,1-7H3/t12-/m1/s1. The molecule has 116 valence electrons. The zero-order valence-corrected chi connectivity index (χ0v) is 14.2. The molecule has 0 aromatic heterocycles. The molecule has 1 aromatic carbocycles. The Kier molecular flexibility index (Phi) is 3.81. The monoisotopic (exact) mass is 289 g/mol. The van der Waals surface area contributed by atoms with Gasteiger partial charge < -0.3 is 9.64 Å². The molecule has 3 heteroatoms. The summed E-state index contributed by atoms with van der Waals surface area (Å²) in [7, 11) is 1.65. The molecule has 0 unspecified atom stereocenters. The fourth-order valence-electron chi connectivity index (χ4n) is 4.11. The SMILES string of the molecule is COc1ccccc1N(C(C)=O)[C@H](C)C1C(C)(C)C1(C)C. The molecule has 1 fully saturated rings. The molecular formula is C18H27NO2. The highest BCUT2D eigenvalue weighted by molar-refractivity contribution is 5.93. The number of para-hydroxylation sites is 2. The lowest BCUT2D eigenvalue weighted by atomic mass is 10.0. The van der Waals surface area contributed by atoms with Gasteiger partial charge in [-0.1, -0.05) is 39.8 Å². The molecule has 1 amide bonds.